The van der Waals surface area contributed by atoms with Crippen molar-refractivity contribution in [2.24, 2.45) is 22.7 Å². The van der Waals surface area contributed by atoms with Crippen LogP contribution in [0.15, 0.2) is 0 Å². The molecule has 1 fully saturated rings. The molecule has 3 unspecified atom stereocenters. The van der Waals surface area contributed by atoms with Gasteiger partial charge < -0.3 is 0 Å². The normalized spacial score (nSPS) is 32.4. The van der Waals surface area contributed by atoms with Crippen molar-refractivity contribution in [3.8, 4) is 0 Å². The summed E-state index contributed by atoms with van der Waals surface area (Å²) in [5.74, 6) is 1.60. The maximum atomic E-state index is 5.21. The van der Waals surface area contributed by atoms with Gasteiger partial charge in [-0.05, 0) is 48.3 Å². The summed E-state index contributed by atoms with van der Waals surface area (Å²) in [6.07, 6.45) is 8.11. The zero-order chi connectivity index (χ0) is 14.9. The van der Waals surface area contributed by atoms with Gasteiger partial charge in [-0.2, -0.15) is 12.6 Å². The maximum Gasteiger partial charge on any atom is 0.0160 e. The molecular formula is C18H36S. The molecule has 0 aliphatic heterocycles. The van der Waals surface area contributed by atoms with Crippen LogP contribution in [-0.4, -0.2) is 4.75 Å². The predicted octanol–water partition coefficient (Wildman–Crippen LogP) is 6.35. The highest BCUT2D eigenvalue weighted by Gasteiger charge is 2.49. The molecule has 0 bridgehead atoms. The molecule has 0 N–H and O–H groups in total. The summed E-state index contributed by atoms with van der Waals surface area (Å²) in [5, 5.41) is 0. The Balaban J connectivity index is 3.03. The molecule has 0 radical (unpaired) electrons. The molecule has 0 amide bonds. The Hall–Kier alpha value is 0.350. The number of rotatable bonds is 4. The molecule has 0 aromatic rings. The van der Waals surface area contributed by atoms with E-state index >= 15 is 0 Å². The third-order valence-corrected chi connectivity index (χ3v) is 5.57. The number of hydrogen-bond donors (Lipinski definition) is 1. The summed E-state index contributed by atoms with van der Waals surface area (Å²) in [6.45, 7) is 16.7. The van der Waals surface area contributed by atoms with Gasteiger partial charge in [-0.25, -0.2) is 0 Å². The second kappa shape index (κ2) is 6.00. The SMILES string of the molecule is CC(C)CC(C)(S)C1(CC(C)(C)C)CCCC(C)C1. The third kappa shape index (κ3) is 4.69. The first-order chi connectivity index (χ1) is 8.47. The van der Waals surface area contributed by atoms with E-state index in [-0.39, 0.29) is 4.75 Å². The van der Waals surface area contributed by atoms with Crippen LogP contribution in [0.4, 0.5) is 0 Å². The van der Waals surface area contributed by atoms with Gasteiger partial charge in [-0.3, -0.25) is 0 Å². The zero-order valence-electron chi connectivity index (χ0n) is 14.3. The summed E-state index contributed by atoms with van der Waals surface area (Å²) in [4.78, 5) is 0. The Morgan fingerprint density at radius 1 is 1.21 bits per heavy atom. The molecule has 0 saturated heterocycles. The highest BCUT2D eigenvalue weighted by Crippen LogP contribution is 2.57. The van der Waals surface area contributed by atoms with Crippen molar-refractivity contribution in [3.63, 3.8) is 0 Å². The zero-order valence-corrected chi connectivity index (χ0v) is 15.2. The van der Waals surface area contributed by atoms with Crippen molar-refractivity contribution in [3.05, 3.63) is 0 Å². The van der Waals surface area contributed by atoms with E-state index in [4.69, 9.17) is 12.6 Å². The van der Waals surface area contributed by atoms with Crippen molar-refractivity contribution in [1.82, 2.24) is 0 Å². The molecule has 0 nitrogen and oxygen atoms in total. The summed E-state index contributed by atoms with van der Waals surface area (Å²) in [5.41, 5.74) is 0.828. The lowest BCUT2D eigenvalue weighted by atomic mass is 9.56. The number of hydrogen-bond acceptors (Lipinski definition) is 1. The van der Waals surface area contributed by atoms with Crippen molar-refractivity contribution in [2.75, 3.05) is 0 Å². The van der Waals surface area contributed by atoms with Crippen LogP contribution in [0.1, 0.15) is 87.0 Å². The van der Waals surface area contributed by atoms with Crippen LogP contribution in [0, 0.1) is 22.7 Å². The minimum Gasteiger partial charge on any atom is -0.172 e. The standard InChI is InChI=1S/C18H36S/c1-14(2)11-17(7,19)18(13-16(4,5)6)10-8-9-15(3)12-18/h14-15,19H,8-13H2,1-7H3. The molecule has 0 aromatic carbocycles. The Bertz CT molecular complexity index is 285. The monoisotopic (exact) mass is 284 g/mol. The van der Waals surface area contributed by atoms with Crippen molar-refractivity contribution in [2.45, 2.75) is 91.7 Å². The largest absolute Gasteiger partial charge is 0.172 e. The fraction of sp³-hybridized carbons (Fsp3) is 1.00. The topological polar surface area (TPSA) is 0 Å². The van der Waals surface area contributed by atoms with Crippen molar-refractivity contribution in [1.29, 1.82) is 0 Å². The molecule has 19 heavy (non-hydrogen) atoms. The summed E-state index contributed by atoms with van der Waals surface area (Å²) < 4.78 is 0.170. The lowest BCUT2D eigenvalue weighted by molar-refractivity contribution is 0.0416. The number of thiol groups is 1. The molecular weight excluding hydrogens is 248 g/mol. The molecule has 114 valence electrons. The quantitative estimate of drug-likeness (QED) is 0.571. The van der Waals surface area contributed by atoms with Gasteiger partial charge in [0.1, 0.15) is 0 Å². The third-order valence-electron chi connectivity index (χ3n) is 4.91. The Morgan fingerprint density at radius 2 is 1.79 bits per heavy atom. The molecule has 3 atom stereocenters. The van der Waals surface area contributed by atoms with E-state index < -0.39 is 0 Å². The predicted molar refractivity (Wildman–Crippen MR) is 91.0 cm³/mol. The van der Waals surface area contributed by atoms with Gasteiger partial charge in [0.2, 0.25) is 0 Å². The van der Waals surface area contributed by atoms with Crippen LogP contribution < -0.4 is 0 Å². The van der Waals surface area contributed by atoms with E-state index in [9.17, 15) is 0 Å². The van der Waals surface area contributed by atoms with E-state index in [2.05, 4.69) is 48.5 Å². The highest BCUT2D eigenvalue weighted by molar-refractivity contribution is 7.81. The van der Waals surface area contributed by atoms with Crippen LogP contribution in [0.3, 0.4) is 0 Å². The molecule has 1 heteroatoms. The first-order valence-corrected chi connectivity index (χ1v) is 8.65. The highest BCUT2D eigenvalue weighted by atomic mass is 32.1. The summed E-state index contributed by atoms with van der Waals surface area (Å²) in [7, 11) is 0. The van der Waals surface area contributed by atoms with Gasteiger partial charge in [0.15, 0.2) is 0 Å². The van der Waals surface area contributed by atoms with E-state index in [0.717, 1.165) is 11.8 Å². The fourth-order valence-corrected chi connectivity index (χ4v) is 5.17. The molecule has 1 aliphatic carbocycles. The smallest absolute Gasteiger partial charge is 0.0160 e. The van der Waals surface area contributed by atoms with E-state index in [1.165, 1.54) is 38.5 Å². The van der Waals surface area contributed by atoms with Gasteiger partial charge in [-0.1, -0.05) is 61.3 Å². The second-order valence-corrected chi connectivity index (χ2v) is 10.1. The van der Waals surface area contributed by atoms with Crippen LogP contribution in [0.2, 0.25) is 0 Å². The molecule has 1 rings (SSSR count). The Morgan fingerprint density at radius 3 is 2.21 bits per heavy atom. The second-order valence-electron chi connectivity index (χ2n) is 9.09. The van der Waals surface area contributed by atoms with Crippen molar-refractivity contribution < 1.29 is 0 Å². The van der Waals surface area contributed by atoms with Gasteiger partial charge in [0, 0.05) is 4.75 Å². The van der Waals surface area contributed by atoms with Gasteiger partial charge in [0.05, 0.1) is 0 Å². The van der Waals surface area contributed by atoms with E-state index in [1.807, 2.05) is 0 Å². The van der Waals surface area contributed by atoms with Crippen LogP contribution in [0.5, 0.6) is 0 Å². The van der Waals surface area contributed by atoms with E-state index in [1.54, 1.807) is 0 Å². The Labute approximate surface area is 127 Å². The average Bonchev–Trinajstić information content (AvgIpc) is 2.11. The van der Waals surface area contributed by atoms with Crippen LogP contribution in [-0.2, 0) is 0 Å². The first-order valence-electron chi connectivity index (χ1n) is 8.20. The maximum absolute atomic E-state index is 5.21. The average molecular weight is 285 g/mol. The van der Waals surface area contributed by atoms with Gasteiger partial charge in [-0.15, -0.1) is 0 Å². The molecule has 1 saturated carbocycles. The van der Waals surface area contributed by atoms with Gasteiger partial charge >= 0.3 is 0 Å². The summed E-state index contributed by atoms with van der Waals surface area (Å²) >= 11 is 5.21. The molecule has 0 heterocycles. The Kier molecular flexibility index (Phi) is 5.49. The first kappa shape index (κ1) is 17.4. The van der Waals surface area contributed by atoms with Crippen molar-refractivity contribution >= 4 is 12.6 Å². The molecule has 0 aromatic heterocycles. The lowest BCUT2D eigenvalue weighted by Gasteiger charge is -2.53. The minimum absolute atomic E-state index is 0.170. The molecule has 1 aliphatic rings. The van der Waals surface area contributed by atoms with Gasteiger partial charge in [0.25, 0.3) is 0 Å². The van der Waals surface area contributed by atoms with E-state index in [0.29, 0.717) is 10.8 Å². The van der Waals surface area contributed by atoms with Crippen LogP contribution in [0.25, 0.3) is 0 Å². The molecule has 0 spiro atoms. The lowest BCUT2D eigenvalue weighted by Crippen LogP contribution is -2.47. The minimum atomic E-state index is 0.170. The fourth-order valence-electron chi connectivity index (χ4n) is 4.53. The van der Waals surface area contributed by atoms with Crippen LogP contribution >= 0.6 is 12.6 Å². The summed E-state index contributed by atoms with van der Waals surface area (Å²) in [6, 6.07) is 0.